The first kappa shape index (κ1) is 19.8. The van der Waals surface area contributed by atoms with Gasteiger partial charge in [-0.2, -0.15) is 0 Å². The lowest BCUT2D eigenvalue weighted by Gasteiger charge is -2.58. The molecule has 1 aromatic carbocycles. The van der Waals surface area contributed by atoms with E-state index in [2.05, 4.69) is 15.5 Å². The molecule has 3 unspecified atom stereocenters. The second-order valence-corrected chi connectivity index (χ2v) is 9.49. The van der Waals surface area contributed by atoms with Crippen LogP contribution in [0.1, 0.15) is 40.0 Å². The fourth-order valence-electron chi connectivity index (χ4n) is 5.76. The van der Waals surface area contributed by atoms with E-state index in [0.717, 1.165) is 50.1 Å². The maximum Gasteiger partial charge on any atom is 0.262 e. The van der Waals surface area contributed by atoms with Crippen LogP contribution in [0.25, 0.3) is 0 Å². The lowest BCUT2D eigenvalue weighted by Crippen LogP contribution is -2.70. The summed E-state index contributed by atoms with van der Waals surface area (Å²) < 4.78 is 15.1. The number of carbonyl (C=O) groups excluding carboxylic acids is 4. The van der Waals surface area contributed by atoms with Crippen LogP contribution >= 0.6 is 0 Å². The highest BCUT2D eigenvalue weighted by Gasteiger charge is 2.49. The third-order valence-corrected chi connectivity index (χ3v) is 7.44. The zero-order valence-corrected chi connectivity index (χ0v) is 17.5. The largest absolute Gasteiger partial charge is 0.360 e. The van der Waals surface area contributed by atoms with Crippen molar-refractivity contribution < 1.29 is 23.6 Å². The van der Waals surface area contributed by atoms with Crippen LogP contribution < -0.4 is 15.5 Å². The number of benzene rings is 1. The second kappa shape index (κ2) is 7.08. The van der Waals surface area contributed by atoms with Crippen LogP contribution in [0.15, 0.2) is 12.1 Å². The van der Waals surface area contributed by atoms with E-state index in [9.17, 15) is 19.2 Å². The number of halogens is 1. The Balaban J connectivity index is 1.24. The highest BCUT2D eigenvalue weighted by molar-refractivity contribution is 6.23. The summed E-state index contributed by atoms with van der Waals surface area (Å²) in [5.74, 6) is -2.24. The molecule has 4 amide bonds. The molecule has 6 heterocycles. The molecule has 32 heavy (non-hydrogen) atoms. The van der Waals surface area contributed by atoms with E-state index in [1.54, 1.807) is 0 Å². The van der Waals surface area contributed by atoms with Gasteiger partial charge in [-0.3, -0.25) is 34.3 Å². The first-order chi connectivity index (χ1) is 15.4. The van der Waals surface area contributed by atoms with Gasteiger partial charge < -0.3 is 10.2 Å². The van der Waals surface area contributed by atoms with E-state index in [1.807, 2.05) is 4.90 Å². The van der Waals surface area contributed by atoms with Gasteiger partial charge in [0, 0.05) is 51.2 Å². The van der Waals surface area contributed by atoms with Gasteiger partial charge in [0.1, 0.15) is 11.9 Å². The summed E-state index contributed by atoms with van der Waals surface area (Å²) >= 11 is 0. The van der Waals surface area contributed by atoms with Crippen molar-refractivity contribution in [2.45, 2.75) is 37.4 Å². The first-order valence-corrected chi connectivity index (χ1v) is 11.2. The predicted molar refractivity (Wildman–Crippen MR) is 111 cm³/mol. The third kappa shape index (κ3) is 2.89. The molecule has 9 nitrogen and oxygen atoms in total. The molecule has 168 valence electrons. The molecule has 0 aromatic heterocycles. The molecule has 6 aliphatic heterocycles. The van der Waals surface area contributed by atoms with Crippen LogP contribution in [0, 0.1) is 11.7 Å². The number of fused-ring (bicyclic) bond motifs is 3. The molecule has 7 rings (SSSR count). The van der Waals surface area contributed by atoms with Crippen molar-refractivity contribution in [3.05, 3.63) is 29.1 Å². The van der Waals surface area contributed by atoms with Crippen LogP contribution in [-0.2, 0) is 9.59 Å². The molecule has 0 aliphatic carbocycles. The minimum Gasteiger partial charge on any atom is -0.360 e. The summed E-state index contributed by atoms with van der Waals surface area (Å²) in [6.07, 6.45) is 1.12. The molecule has 5 fully saturated rings. The van der Waals surface area contributed by atoms with E-state index in [-0.39, 0.29) is 36.1 Å². The maximum atomic E-state index is 15.1. The van der Waals surface area contributed by atoms with Gasteiger partial charge in [-0.05, 0) is 30.9 Å². The number of amides is 4. The number of piperazine rings is 1. The fraction of sp³-hybridized carbons (Fsp3) is 0.545. The molecule has 10 heteroatoms. The van der Waals surface area contributed by atoms with Gasteiger partial charge >= 0.3 is 0 Å². The summed E-state index contributed by atoms with van der Waals surface area (Å²) in [5, 5.41) is 5.46. The Bertz CT molecular complexity index is 1050. The minimum atomic E-state index is -1.05. The summed E-state index contributed by atoms with van der Waals surface area (Å²) in [5.41, 5.74) is 0.449. The average Bonchev–Trinajstić information content (AvgIpc) is 2.95. The molecule has 6 aliphatic rings. The number of hydrogen-bond donors (Lipinski definition) is 2. The number of nitrogens with one attached hydrogen (secondary N) is 2. The van der Waals surface area contributed by atoms with Crippen molar-refractivity contribution in [3.8, 4) is 0 Å². The number of carbonyl (C=O) groups is 4. The fourth-order valence-corrected chi connectivity index (χ4v) is 5.76. The van der Waals surface area contributed by atoms with Gasteiger partial charge in [-0.25, -0.2) is 4.39 Å². The molecule has 3 atom stereocenters. The van der Waals surface area contributed by atoms with Crippen LogP contribution in [0.5, 0.6) is 0 Å². The second-order valence-electron chi connectivity index (χ2n) is 9.49. The Kier molecular flexibility index (Phi) is 4.38. The lowest BCUT2D eigenvalue weighted by atomic mass is 9.85. The van der Waals surface area contributed by atoms with Crippen LogP contribution in [0.3, 0.4) is 0 Å². The quantitative estimate of drug-likeness (QED) is 0.619. The summed E-state index contributed by atoms with van der Waals surface area (Å²) in [7, 11) is 0. The SMILES string of the molecule is O=C1CCC(N2C(=O)c3cc(F)c(N4C5CC4CN(CC4CNC4)C5)cc3C2=O)C(=O)N1. The van der Waals surface area contributed by atoms with Crippen LogP contribution in [0.4, 0.5) is 10.1 Å². The van der Waals surface area contributed by atoms with Gasteiger partial charge in [0.25, 0.3) is 11.8 Å². The van der Waals surface area contributed by atoms with Crippen molar-refractivity contribution in [1.29, 1.82) is 0 Å². The summed E-state index contributed by atoms with van der Waals surface area (Å²) in [4.78, 5) is 55.0. The number of anilines is 1. The Labute approximate surface area is 183 Å². The Morgan fingerprint density at radius 2 is 1.69 bits per heavy atom. The Hall–Kier alpha value is -2.85. The Morgan fingerprint density at radius 3 is 2.31 bits per heavy atom. The normalized spacial score (nSPS) is 30.2. The molecule has 0 saturated carbocycles. The van der Waals surface area contributed by atoms with Gasteiger partial charge in [-0.15, -0.1) is 0 Å². The molecule has 5 saturated heterocycles. The van der Waals surface area contributed by atoms with Crippen molar-refractivity contribution in [2.24, 2.45) is 5.92 Å². The van der Waals surface area contributed by atoms with Gasteiger partial charge in [0.15, 0.2) is 0 Å². The van der Waals surface area contributed by atoms with Crippen molar-refractivity contribution >= 4 is 29.3 Å². The number of imide groups is 2. The van der Waals surface area contributed by atoms with Crippen molar-refractivity contribution in [3.63, 3.8) is 0 Å². The van der Waals surface area contributed by atoms with Crippen LogP contribution in [0.2, 0.25) is 0 Å². The Morgan fingerprint density at radius 1 is 1.00 bits per heavy atom. The van der Waals surface area contributed by atoms with Gasteiger partial charge in [0.05, 0.1) is 16.8 Å². The average molecular weight is 441 g/mol. The third-order valence-electron chi connectivity index (χ3n) is 7.44. The monoisotopic (exact) mass is 441 g/mol. The highest BCUT2D eigenvalue weighted by atomic mass is 19.1. The highest BCUT2D eigenvalue weighted by Crippen LogP contribution is 2.41. The number of piperidine rings is 2. The number of nitrogens with zero attached hydrogens (tertiary/aromatic N) is 3. The van der Waals surface area contributed by atoms with Crippen molar-refractivity contribution in [1.82, 2.24) is 20.4 Å². The molecule has 1 aromatic rings. The van der Waals surface area contributed by atoms with E-state index < -0.39 is 35.5 Å². The first-order valence-electron chi connectivity index (χ1n) is 11.2. The lowest BCUT2D eigenvalue weighted by molar-refractivity contribution is -0.136. The zero-order chi connectivity index (χ0) is 22.1. The standard InChI is InChI=1S/C22H24FN5O4/c23-16-4-14-15(22(32)28(21(14)31)17-1-2-19(29)25-20(17)30)5-18(16)27-12-3-13(27)10-26(9-12)8-11-6-24-7-11/h4-5,11-13,17,24H,1-3,6-10H2,(H,25,29,30). The maximum absolute atomic E-state index is 15.1. The van der Waals surface area contributed by atoms with Crippen molar-refractivity contribution in [2.75, 3.05) is 37.6 Å². The zero-order valence-electron chi connectivity index (χ0n) is 17.5. The summed E-state index contributed by atoms with van der Waals surface area (Å²) in [6.45, 7) is 4.87. The molecular weight excluding hydrogens is 417 g/mol. The summed E-state index contributed by atoms with van der Waals surface area (Å²) in [6, 6.07) is 1.93. The van der Waals surface area contributed by atoms with E-state index in [1.165, 1.54) is 6.07 Å². The van der Waals surface area contributed by atoms with E-state index in [4.69, 9.17) is 0 Å². The van der Waals surface area contributed by atoms with E-state index in [0.29, 0.717) is 11.6 Å². The molecular formula is C22H24FN5O4. The number of hydrogen-bond acceptors (Lipinski definition) is 7. The number of rotatable bonds is 4. The predicted octanol–water partition coefficient (Wildman–Crippen LogP) is -0.291. The topological polar surface area (TPSA) is 102 Å². The van der Waals surface area contributed by atoms with Crippen LogP contribution in [-0.4, -0.2) is 84.3 Å². The van der Waals surface area contributed by atoms with Gasteiger partial charge in [-0.1, -0.05) is 0 Å². The molecule has 0 radical (unpaired) electrons. The molecule has 2 bridgehead atoms. The molecule has 0 spiro atoms. The van der Waals surface area contributed by atoms with E-state index >= 15 is 4.39 Å². The smallest absolute Gasteiger partial charge is 0.262 e. The molecule has 2 N–H and O–H groups in total. The van der Waals surface area contributed by atoms with Gasteiger partial charge in [0.2, 0.25) is 11.8 Å². The minimum absolute atomic E-state index is 0.0225.